The van der Waals surface area contributed by atoms with E-state index in [2.05, 4.69) is 51.3 Å². The molecule has 0 atom stereocenters. The standard InChI is InChI=1S/C14H26N6O/c1-5-15-11-17-12(16-10-14(2,3)4)19-13(18-11)20-6-8-21-9-7-20/h5-10H2,1-4H3,(H2,15,16,17,18,19). The van der Waals surface area contributed by atoms with Gasteiger partial charge in [0.05, 0.1) is 13.2 Å². The topological polar surface area (TPSA) is 75.2 Å². The summed E-state index contributed by atoms with van der Waals surface area (Å²) in [6.45, 7) is 13.2. The van der Waals surface area contributed by atoms with Gasteiger partial charge in [0.15, 0.2) is 0 Å². The number of hydrogen-bond donors (Lipinski definition) is 2. The second kappa shape index (κ2) is 6.89. The first kappa shape index (κ1) is 15.8. The number of nitrogens with one attached hydrogen (secondary N) is 2. The van der Waals surface area contributed by atoms with Gasteiger partial charge in [-0.2, -0.15) is 15.0 Å². The molecule has 2 N–H and O–H groups in total. The fourth-order valence-corrected chi connectivity index (χ4v) is 1.93. The Kier molecular flexibility index (Phi) is 5.17. The molecule has 1 fully saturated rings. The number of hydrogen-bond acceptors (Lipinski definition) is 7. The van der Waals surface area contributed by atoms with Gasteiger partial charge < -0.3 is 20.3 Å². The molecule has 2 rings (SSSR count). The second-order valence-electron chi connectivity index (χ2n) is 6.33. The molecule has 7 heteroatoms. The van der Waals surface area contributed by atoms with Crippen molar-refractivity contribution in [1.82, 2.24) is 15.0 Å². The first-order valence-corrected chi connectivity index (χ1v) is 7.54. The van der Waals surface area contributed by atoms with Crippen LogP contribution in [0, 0.1) is 5.41 Å². The third kappa shape index (κ3) is 5.00. The van der Waals surface area contributed by atoms with Gasteiger partial charge >= 0.3 is 0 Å². The van der Waals surface area contributed by atoms with Gasteiger partial charge in [0, 0.05) is 26.2 Å². The van der Waals surface area contributed by atoms with E-state index < -0.39 is 0 Å². The Morgan fingerprint density at radius 1 is 1.05 bits per heavy atom. The maximum atomic E-state index is 5.38. The summed E-state index contributed by atoms with van der Waals surface area (Å²) < 4.78 is 5.38. The van der Waals surface area contributed by atoms with Gasteiger partial charge in [0.25, 0.3) is 0 Å². The summed E-state index contributed by atoms with van der Waals surface area (Å²) in [5.74, 6) is 1.95. The highest BCUT2D eigenvalue weighted by Crippen LogP contribution is 2.17. The van der Waals surface area contributed by atoms with Crippen molar-refractivity contribution < 1.29 is 4.74 Å². The molecule has 0 radical (unpaired) electrons. The highest BCUT2D eigenvalue weighted by atomic mass is 16.5. The summed E-state index contributed by atoms with van der Waals surface area (Å²) in [6, 6.07) is 0. The largest absolute Gasteiger partial charge is 0.378 e. The van der Waals surface area contributed by atoms with Crippen molar-refractivity contribution in [1.29, 1.82) is 0 Å². The van der Waals surface area contributed by atoms with Crippen LogP contribution in [0.25, 0.3) is 0 Å². The number of ether oxygens (including phenoxy) is 1. The Balaban J connectivity index is 2.16. The maximum absolute atomic E-state index is 5.38. The highest BCUT2D eigenvalue weighted by molar-refractivity contribution is 5.44. The number of rotatable bonds is 5. The lowest BCUT2D eigenvalue weighted by molar-refractivity contribution is 0.122. The molecular weight excluding hydrogens is 268 g/mol. The molecule has 1 aliphatic heterocycles. The smallest absolute Gasteiger partial charge is 0.232 e. The molecule has 1 aromatic rings. The third-order valence-electron chi connectivity index (χ3n) is 3.03. The number of aromatic nitrogens is 3. The Morgan fingerprint density at radius 2 is 1.67 bits per heavy atom. The molecule has 0 aromatic carbocycles. The molecule has 21 heavy (non-hydrogen) atoms. The quantitative estimate of drug-likeness (QED) is 0.854. The van der Waals surface area contributed by atoms with Crippen LogP contribution in [0.5, 0.6) is 0 Å². The van der Waals surface area contributed by atoms with Crippen molar-refractivity contribution in [2.75, 3.05) is 54.9 Å². The van der Waals surface area contributed by atoms with Crippen LogP contribution in [0.1, 0.15) is 27.7 Å². The zero-order valence-corrected chi connectivity index (χ0v) is 13.4. The molecule has 2 heterocycles. The minimum atomic E-state index is 0.171. The van der Waals surface area contributed by atoms with E-state index in [4.69, 9.17) is 4.74 Å². The Hall–Kier alpha value is -1.63. The number of nitrogens with zero attached hydrogens (tertiary/aromatic N) is 4. The zero-order valence-electron chi connectivity index (χ0n) is 13.4. The van der Waals surface area contributed by atoms with Crippen LogP contribution in [-0.2, 0) is 4.74 Å². The van der Waals surface area contributed by atoms with E-state index in [0.29, 0.717) is 31.1 Å². The van der Waals surface area contributed by atoms with Crippen LogP contribution in [-0.4, -0.2) is 54.3 Å². The Labute approximate surface area is 126 Å². The van der Waals surface area contributed by atoms with Gasteiger partial charge in [-0.1, -0.05) is 20.8 Å². The highest BCUT2D eigenvalue weighted by Gasteiger charge is 2.17. The van der Waals surface area contributed by atoms with E-state index in [0.717, 1.165) is 26.2 Å². The van der Waals surface area contributed by atoms with Crippen LogP contribution in [0.15, 0.2) is 0 Å². The molecule has 1 aromatic heterocycles. The van der Waals surface area contributed by atoms with Crippen molar-refractivity contribution in [2.45, 2.75) is 27.7 Å². The molecule has 118 valence electrons. The Bertz CT molecular complexity index is 453. The lowest BCUT2D eigenvalue weighted by atomic mass is 9.97. The zero-order chi connectivity index (χ0) is 15.3. The SMILES string of the molecule is CCNc1nc(NCC(C)(C)C)nc(N2CCOCC2)n1. The number of anilines is 3. The maximum Gasteiger partial charge on any atom is 0.232 e. The fourth-order valence-electron chi connectivity index (χ4n) is 1.93. The predicted octanol–water partition coefficient (Wildman–Crippen LogP) is 1.60. The molecular formula is C14H26N6O. The summed E-state index contributed by atoms with van der Waals surface area (Å²) in [7, 11) is 0. The lowest BCUT2D eigenvalue weighted by Crippen LogP contribution is -2.37. The van der Waals surface area contributed by atoms with E-state index in [1.165, 1.54) is 0 Å². The van der Waals surface area contributed by atoms with Gasteiger partial charge in [-0.25, -0.2) is 0 Å². The van der Waals surface area contributed by atoms with E-state index in [1.807, 2.05) is 6.92 Å². The van der Waals surface area contributed by atoms with E-state index in [-0.39, 0.29) is 5.41 Å². The predicted molar refractivity (Wildman–Crippen MR) is 85.0 cm³/mol. The molecule has 0 bridgehead atoms. The second-order valence-corrected chi connectivity index (χ2v) is 6.33. The lowest BCUT2D eigenvalue weighted by Gasteiger charge is -2.27. The fraction of sp³-hybridized carbons (Fsp3) is 0.786. The van der Waals surface area contributed by atoms with Gasteiger partial charge in [0.2, 0.25) is 17.8 Å². The monoisotopic (exact) mass is 294 g/mol. The molecule has 1 aliphatic rings. The molecule has 0 unspecified atom stereocenters. The number of morpholine rings is 1. The van der Waals surface area contributed by atoms with Crippen molar-refractivity contribution in [2.24, 2.45) is 5.41 Å². The van der Waals surface area contributed by atoms with Gasteiger partial charge in [-0.05, 0) is 12.3 Å². The van der Waals surface area contributed by atoms with E-state index >= 15 is 0 Å². The first-order chi connectivity index (χ1) is 9.98. The van der Waals surface area contributed by atoms with Crippen LogP contribution in [0.3, 0.4) is 0 Å². The first-order valence-electron chi connectivity index (χ1n) is 7.54. The summed E-state index contributed by atoms with van der Waals surface area (Å²) in [6.07, 6.45) is 0. The summed E-state index contributed by atoms with van der Waals surface area (Å²) in [4.78, 5) is 15.6. The van der Waals surface area contributed by atoms with Gasteiger partial charge in [-0.3, -0.25) is 0 Å². The summed E-state index contributed by atoms with van der Waals surface area (Å²) >= 11 is 0. The Morgan fingerprint density at radius 3 is 2.24 bits per heavy atom. The average Bonchev–Trinajstić information content (AvgIpc) is 2.46. The van der Waals surface area contributed by atoms with Gasteiger partial charge in [-0.15, -0.1) is 0 Å². The van der Waals surface area contributed by atoms with E-state index in [9.17, 15) is 0 Å². The summed E-state index contributed by atoms with van der Waals surface area (Å²) in [5.41, 5.74) is 0.171. The van der Waals surface area contributed by atoms with Crippen LogP contribution in [0.2, 0.25) is 0 Å². The molecule has 0 amide bonds. The third-order valence-corrected chi connectivity index (χ3v) is 3.03. The molecule has 0 saturated carbocycles. The average molecular weight is 294 g/mol. The molecule has 1 saturated heterocycles. The van der Waals surface area contributed by atoms with E-state index in [1.54, 1.807) is 0 Å². The van der Waals surface area contributed by atoms with Crippen LogP contribution < -0.4 is 15.5 Å². The molecule has 7 nitrogen and oxygen atoms in total. The molecule has 0 aliphatic carbocycles. The minimum Gasteiger partial charge on any atom is -0.378 e. The van der Waals surface area contributed by atoms with Crippen molar-refractivity contribution >= 4 is 17.8 Å². The van der Waals surface area contributed by atoms with Crippen LogP contribution in [0.4, 0.5) is 17.8 Å². The molecule has 0 spiro atoms. The normalized spacial score (nSPS) is 15.9. The minimum absolute atomic E-state index is 0.171. The van der Waals surface area contributed by atoms with Gasteiger partial charge in [0.1, 0.15) is 0 Å². The van der Waals surface area contributed by atoms with Crippen molar-refractivity contribution in [3.63, 3.8) is 0 Å². The van der Waals surface area contributed by atoms with Crippen LogP contribution >= 0.6 is 0 Å². The van der Waals surface area contributed by atoms with Crippen molar-refractivity contribution in [3.8, 4) is 0 Å². The summed E-state index contributed by atoms with van der Waals surface area (Å²) in [5, 5.41) is 6.47. The van der Waals surface area contributed by atoms with Crippen molar-refractivity contribution in [3.05, 3.63) is 0 Å².